The number of benzene rings is 1. The summed E-state index contributed by atoms with van der Waals surface area (Å²) in [6.45, 7) is 0. The molecule has 0 fully saturated rings. The highest BCUT2D eigenvalue weighted by Gasteiger charge is 2.08. The summed E-state index contributed by atoms with van der Waals surface area (Å²) in [7, 11) is 0. The first kappa shape index (κ1) is 11.9. The molecule has 0 aliphatic rings. The standard InChI is InChI=1S/C13H8BrN3O2/c14-10-5-6-16-8-12(15-13(16)7-10)9-1-3-11(4-2-9)17(18)19/h1-8H. The van der Waals surface area contributed by atoms with Crippen LogP contribution < -0.4 is 0 Å². The Balaban J connectivity index is 2.06. The van der Waals surface area contributed by atoms with Crippen LogP contribution in [0.25, 0.3) is 16.9 Å². The Labute approximate surface area is 116 Å². The molecule has 94 valence electrons. The van der Waals surface area contributed by atoms with Gasteiger partial charge in [-0.2, -0.15) is 0 Å². The first-order valence-electron chi connectivity index (χ1n) is 5.52. The van der Waals surface area contributed by atoms with Gasteiger partial charge in [-0.3, -0.25) is 10.1 Å². The van der Waals surface area contributed by atoms with E-state index in [2.05, 4.69) is 20.9 Å². The molecule has 2 aromatic heterocycles. The zero-order valence-corrected chi connectivity index (χ0v) is 11.2. The maximum Gasteiger partial charge on any atom is 0.269 e. The highest BCUT2D eigenvalue weighted by molar-refractivity contribution is 9.10. The Morgan fingerprint density at radius 2 is 1.95 bits per heavy atom. The third kappa shape index (κ3) is 2.22. The number of hydrogen-bond donors (Lipinski definition) is 0. The molecule has 0 unspecified atom stereocenters. The van der Waals surface area contributed by atoms with Gasteiger partial charge in [-0.05, 0) is 24.3 Å². The van der Waals surface area contributed by atoms with E-state index in [-0.39, 0.29) is 5.69 Å². The molecule has 0 saturated heterocycles. The maximum absolute atomic E-state index is 10.6. The number of nitro benzene ring substituents is 1. The van der Waals surface area contributed by atoms with Crippen LogP contribution in [-0.4, -0.2) is 14.3 Å². The van der Waals surface area contributed by atoms with Gasteiger partial charge in [-0.15, -0.1) is 0 Å². The Morgan fingerprint density at radius 1 is 1.21 bits per heavy atom. The van der Waals surface area contributed by atoms with Crippen molar-refractivity contribution < 1.29 is 4.92 Å². The van der Waals surface area contributed by atoms with E-state index >= 15 is 0 Å². The number of rotatable bonds is 2. The van der Waals surface area contributed by atoms with Gasteiger partial charge in [0.1, 0.15) is 5.65 Å². The van der Waals surface area contributed by atoms with E-state index in [1.807, 2.05) is 28.9 Å². The summed E-state index contributed by atoms with van der Waals surface area (Å²) in [6.07, 6.45) is 3.80. The predicted molar refractivity (Wildman–Crippen MR) is 75.0 cm³/mol. The third-order valence-electron chi connectivity index (χ3n) is 2.80. The summed E-state index contributed by atoms with van der Waals surface area (Å²) in [5.74, 6) is 0. The summed E-state index contributed by atoms with van der Waals surface area (Å²) < 4.78 is 2.86. The zero-order valence-electron chi connectivity index (χ0n) is 9.65. The van der Waals surface area contributed by atoms with Crippen LogP contribution in [0.15, 0.2) is 53.3 Å². The fourth-order valence-electron chi connectivity index (χ4n) is 1.85. The summed E-state index contributed by atoms with van der Waals surface area (Å²) in [5.41, 5.74) is 2.54. The molecule has 0 amide bonds. The molecule has 6 heteroatoms. The minimum atomic E-state index is -0.412. The van der Waals surface area contributed by atoms with Gasteiger partial charge in [0.15, 0.2) is 0 Å². The summed E-state index contributed by atoms with van der Waals surface area (Å²) in [6, 6.07) is 10.2. The number of hydrogen-bond acceptors (Lipinski definition) is 3. The lowest BCUT2D eigenvalue weighted by molar-refractivity contribution is -0.384. The fourth-order valence-corrected chi connectivity index (χ4v) is 2.17. The zero-order chi connectivity index (χ0) is 13.4. The molecule has 1 aromatic carbocycles. The van der Waals surface area contributed by atoms with Crippen molar-refractivity contribution in [3.05, 3.63) is 63.4 Å². The molecule has 0 bridgehead atoms. The van der Waals surface area contributed by atoms with Crippen LogP contribution in [0.5, 0.6) is 0 Å². The van der Waals surface area contributed by atoms with Gasteiger partial charge in [0.2, 0.25) is 0 Å². The second-order valence-electron chi connectivity index (χ2n) is 4.04. The Morgan fingerprint density at radius 3 is 2.63 bits per heavy atom. The Kier molecular flexibility index (Phi) is 2.79. The van der Waals surface area contributed by atoms with Crippen LogP contribution >= 0.6 is 15.9 Å². The van der Waals surface area contributed by atoms with E-state index in [4.69, 9.17) is 0 Å². The van der Waals surface area contributed by atoms with Crippen LogP contribution in [0, 0.1) is 10.1 Å². The average molecular weight is 318 g/mol. The minimum Gasteiger partial charge on any atom is -0.306 e. The van der Waals surface area contributed by atoms with Gasteiger partial charge >= 0.3 is 0 Å². The van der Waals surface area contributed by atoms with E-state index in [1.165, 1.54) is 12.1 Å². The summed E-state index contributed by atoms with van der Waals surface area (Å²) in [4.78, 5) is 14.7. The monoisotopic (exact) mass is 317 g/mol. The number of nitro groups is 1. The normalized spacial score (nSPS) is 10.8. The van der Waals surface area contributed by atoms with Crippen molar-refractivity contribution in [3.8, 4) is 11.3 Å². The molecular formula is C13H8BrN3O2. The molecule has 0 N–H and O–H groups in total. The topological polar surface area (TPSA) is 60.4 Å². The summed E-state index contributed by atoms with van der Waals surface area (Å²) >= 11 is 3.40. The first-order valence-corrected chi connectivity index (χ1v) is 6.32. The van der Waals surface area contributed by atoms with Crippen LogP contribution in [0.4, 0.5) is 5.69 Å². The van der Waals surface area contributed by atoms with Gasteiger partial charge < -0.3 is 4.40 Å². The maximum atomic E-state index is 10.6. The van der Waals surface area contributed by atoms with E-state index < -0.39 is 4.92 Å². The van der Waals surface area contributed by atoms with Crippen molar-refractivity contribution in [2.75, 3.05) is 0 Å². The van der Waals surface area contributed by atoms with Gasteiger partial charge in [0.25, 0.3) is 5.69 Å². The van der Waals surface area contributed by atoms with Gasteiger partial charge in [0.05, 0.1) is 10.6 Å². The van der Waals surface area contributed by atoms with Gasteiger partial charge in [0, 0.05) is 34.6 Å². The van der Waals surface area contributed by atoms with Crippen molar-refractivity contribution in [2.45, 2.75) is 0 Å². The number of aromatic nitrogens is 2. The highest BCUT2D eigenvalue weighted by Crippen LogP contribution is 2.23. The largest absolute Gasteiger partial charge is 0.306 e. The second kappa shape index (κ2) is 4.47. The van der Waals surface area contributed by atoms with Crippen molar-refractivity contribution in [1.29, 1.82) is 0 Å². The lowest BCUT2D eigenvalue weighted by Gasteiger charge is -1.95. The average Bonchev–Trinajstić information content (AvgIpc) is 2.81. The molecule has 3 aromatic rings. The molecular weight excluding hydrogens is 310 g/mol. The predicted octanol–water partition coefficient (Wildman–Crippen LogP) is 3.67. The molecule has 0 spiro atoms. The first-order chi connectivity index (χ1) is 9.13. The SMILES string of the molecule is O=[N+]([O-])c1ccc(-c2cn3ccc(Br)cc3n2)cc1. The third-order valence-corrected chi connectivity index (χ3v) is 3.29. The fraction of sp³-hybridized carbons (Fsp3) is 0. The molecule has 0 atom stereocenters. The van der Waals surface area contributed by atoms with Crippen molar-refractivity contribution in [1.82, 2.24) is 9.38 Å². The Hall–Kier alpha value is -2.21. The molecule has 0 aliphatic heterocycles. The van der Waals surface area contributed by atoms with Crippen molar-refractivity contribution in [2.24, 2.45) is 0 Å². The van der Waals surface area contributed by atoms with Crippen molar-refractivity contribution >= 4 is 27.3 Å². The molecule has 3 rings (SSSR count). The number of nitrogens with zero attached hydrogens (tertiary/aromatic N) is 3. The van der Waals surface area contributed by atoms with E-state index in [0.29, 0.717) is 0 Å². The summed E-state index contributed by atoms with van der Waals surface area (Å²) in [5, 5.41) is 10.6. The number of fused-ring (bicyclic) bond motifs is 1. The van der Waals surface area contributed by atoms with E-state index in [9.17, 15) is 10.1 Å². The van der Waals surface area contributed by atoms with Crippen LogP contribution in [0.2, 0.25) is 0 Å². The quantitative estimate of drug-likeness (QED) is 0.535. The lowest BCUT2D eigenvalue weighted by atomic mass is 10.1. The van der Waals surface area contributed by atoms with E-state index in [0.717, 1.165) is 21.4 Å². The molecule has 0 radical (unpaired) electrons. The second-order valence-corrected chi connectivity index (χ2v) is 4.96. The number of pyridine rings is 1. The van der Waals surface area contributed by atoms with E-state index in [1.54, 1.807) is 12.1 Å². The Bertz CT molecular complexity index is 765. The lowest BCUT2D eigenvalue weighted by Crippen LogP contribution is -1.87. The molecule has 0 aliphatic carbocycles. The number of halogens is 1. The number of imidazole rings is 1. The van der Waals surface area contributed by atoms with Gasteiger partial charge in [-0.1, -0.05) is 15.9 Å². The smallest absolute Gasteiger partial charge is 0.269 e. The highest BCUT2D eigenvalue weighted by atomic mass is 79.9. The van der Waals surface area contributed by atoms with Crippen molar-refractivity contribution in [3.63, 3.8) is 0 Å². The van der Waals surface area contributed by atoms with Crippen LogP contribution in [-0.2, 0) is 0 Å². The molecule has 19 heavy (non-hydrogen) atoms. The van der Waals surface area contributed by atoms with Crippen LogP contribution in [0.3, 0.4) is 0 Å². The number of non-ortho nitro benzene ring substituents is 1. The molecule has 2 heterocycles. The molecule has 0 saturated carbocycles. The van der Waals surface area contributed by atoms with Gasteiger partial charge in [-0.25, -0.2) is 4.98 Å². The minimum absolute atomic E-state index is 0.0789. The molecule has 5 nitrogen and oxygen atoms in total. The van der Waals surface area contributed by atoms with Crippen LogP contribution in [0.1, 0.15) is 0 Å².